The van der Waals surface area contributed by atoms with Gasteiger partial charge in [-0.3, -0.25) is 0 Å². The molecule has 0 unspecified atom stereocenters. The van der Waals surface area contributed by atoms with Crippen LogP contribution in [0.4, 0.5) is 0 Å². The lowest BCUT2D eigenvalue weighted by Gasteiger charge is -1.96. The van der Waals surface area contributed by atoms with Gasteiger partial charge in [-0.05, 0) is 17.6 Å². The van der Waals surface area contributed by atoms with Crippen molar-refractivity contribution in [1.29, 1.82) is 0 Å². The van der Waals surface area contributed by atoms with Gasteiger partial charge in [-0.15, -0.1) is 0 Å². The molecule has 0 aromatic carbocycles. The van der Waals surface area contributed by atoms with Crippen LogP contribution in [0.5, 0.6) is 0 Å². The first-order chi connectivity index (χ1) is 5.77. The van der Waals surface area contributed by atoms with Crippen LogP contribution in [0.3, 0.4) is 0 Å². The van der Waals surface area contributed by atoms with Gasteiger partial charge in [0, 0.05) is 22.4 Å². The van der Waals surface area contributed by atoms with Gasteiger partial charge in [0.15, 0.2) is 5.65 Å². The summed E-state index contributed by atoms with van der Waals surface area (Å²) in [7, 11) is -1.46. The smallest absolute Gasteiger partial charge is 0.423 e. The summed E-state index contributed by atoms with van der Waals surface area (Å²) in [6, 6.07) is 1.66. The Bertz CT molecular complexity index is 403. The maximum atomic E-state index is 8.82. The quantitative estimate of drug-likeness (QED) is 0.573. The molecule has 0 atom stereocenters. The number of aromatic nitrogens is 2. The molecule has 0 amide bonds. The third-order valence-corrected chi connectivity index (χ3v) is 2.17. The van der Waals surface area contributed by atoms with E-state index in [9.17, 15) is 0 Å². The Balaban J connectivity index is 2.60. The minimum atomic E-state index is -1.46. The molecule has 0 spiro atoms. The summed E-state index contributed by atoms with van der Waals surface area (Å²) in [6.07, 6.45) is 1.41. The monoisotopic (exact) mass is 180 g/mol. The summed E-state index contributed by atoms with van der Waals surface area (Å²) in [5.41, 5.74) is 1.03. The Labute approximate surface area is 72.8 Å². The van der Waals surface area contributed by atoms with Crippen molar-refractivity contribution >= 4 is 35.1 Å². The van der Waals surface area contributed by atoms with Gasteiger partial charge >= 0.3 is 7.12 Å². The van der Waals surface area contributed by atoms with Crippen LogP contribution in [0.15, 0.2) is 17.6 Å². The lowest BCUT2D eigenvalue weighted by molar-refractivity contribution is 0.425. The summed E-state index contributed by atoms with van der Waals surface area (Å²) >= 11 is 1.30. The third kappa shape index (κ3) is 1.20. The Hall–Kier alpha value is -0.975. The Morgan fingerprint density at radius 3 is 3.00 bits per heavy atom. The van der Waals surface area contributed by atoms with Crippen molar-refractivity contribution in [3.05, 3.63) is 17.6 Å². The minimum Gasteiger partial charge on any atom is -0.423 e. The van der Waals surface area contributed by atoms with Crippen LogP contribution in [0.1, 0.15) is 0 Å². The molecule has 12 heavy (non-hydrogen) atoms. The molecule has 6 heteroatoms. The van der Waals surface area contributed by atoms with E-state index < -0.39 is 7.12 Å². The molecule has 0 radical (unpaired) electrons. The average molecular weight is 180 g/mol. The molecule has 0 bridgehead atoms. The second kappa shape index (κ2) is 2.82. The molecule has 0 aliphatic heterocycles. The van der Waals surface area contributed by atoms with E-state index in [1.54, 1.807) is 6.07 Å². The topological polar surface area (TPSA) is 66.2 Å². The fraction of sp³-hybridized carbons (Fsp3) is 0. The van der Waals surface area contributed by atoms with E-state index >= 15 is 0 Å². The molecule has 2 aromatic heterocycles. The van der Waals surface area contributed by atoms with E-state index in [-0.39, 0.29) is 0 Å². The highest BCUT2D eigenvalue weighted by Crippen LogP contribution is 2.09. The van der Waals surface area contributed by atoms with Crippen molar-refractivity contribution in [1.82, 2.24) is 9.36 Å². The average Bonchev–Trinajstić information content (AvgIpc) is 2.49. The first kappa shape index (κ1) is 7.66. The fourth-order valence-corrected chi connectivity index (χ4v) is 1.52. The van der Waals surface area contributed by atoms with Crippen molar-refractivity contribution in [3.8, 4) is 0 Å². The van der Waals surface area contributed by atoms with Crippen molar-refractivity contribution in [3.63, 3.8) is 0 Å². The molecule has 0 fully saturated rings. The Morgan fingerprint density at radius 1 is 1.42 bits per heavy atom. The summed E-state index contributed by atoms with van der Waals surface area (Å²) in [4.78, 5) is 3.94. The van der Waals surface area contributed by atoms with Gasteiger partial charge in [0.1, 0.15) is 0 Å². The SMILES string of the molecule is OB(O)c1cnc2nscc2c1. The van der Waals surface area contributed by atoms with E-state index in [1.807, 2.05) is 5.38 Å². The van der Waals surface area contributed by atoms with Gasteiger partial charge in [-0.25, -0.2) is 4.98 Å². The van der Waals surface area contributed by atoms with Gasteiger partial charge in [-0.2, -0.15) is 4.37 Å². The molecule has 60 valence electrons. The first-order valence-corrected chi connectivity index (χ1v) is 4.17. The number of hydrogen-bond donors (Lipinski definition) is 2. The maximum absolute atomic E-state index is 8.82. The van der Waals surface area contributed by atoms with Crippen molar-refractivity contribution in [2.45, 2.75) is 0 Å². The lowest BCUT2D eigenvalue weighted by Crippen LogP contribution is -2.29. The molecule has 2 rings (SSSR count). The maximum Gasteiger partial charge on any atom is 0.490 e. The first-order valence-electron chi connectivity index (χ1n) is 3.33. The molecule has 0 saturated heterocycles. The third-order valence-electron chi connectivity index (χ3n) is 1.53. The second-order valence-corrected chi connectivity index (χ2v) is 3.00. The van der Waals surface area contributed by atoms with Crippen LogP contribution in [-0.2, 0) is 0 Å². The summed E-state index contributed by atoms with van der Waals surface area (Å²) < 4.78 is 3.99. The highest BCUT2D eigenvalue weighted by molar-refractivity contribution is 7.04. The van der Waals surface area contributed by atoms with E-state index in [1.165, 1.54) is 17.7 Å². The molecule has 0 saturated carbocycles. The molecular weight excluding hydrogens is 175 g/mol. The predicted molar refractivity (Wildman–Crippen MR) is 47.2 cm³/mol. The molecule has 0 aliphatic rings. The Kier molecular flexibility index (Phi) is 1.80. The van der Waals surface area contributed by atoms with E-state index in [2.05, 4.69) is 9.36 Å². The zero-order valence-electron chi connectivity index (χ0n) is 6.01. The highest BCUT2D eigenvalue weighted by Gasteiger charge is 2.11. The number of nitrogens with zero attached hydrogens (tertiary/aromatic N) is 2. The molecule has 2 heterocycles. The molecule has 2 aromatic rings. The van der Waals surface area contributed by atoms with Gasteiger partial charge in [-0.1, -0.05) is 0 Å². The zero-order chi connectivity index (χ0) is 8.55. The normalized spacial score (nSPS) is 10.5. The lowest BCUT2D eigenvalue weighted by atomic mass is 9.81. The number of fused-ring (bicyclic) bond motifs is 1. The standard InChI is InChI=1S/C6H5BN2O2S/c10-7(11)5-1-4-3-12-9-6(4)8-2-5/h1-3,10-11H. The number of hydrogen-bond acceptors (Lipinski definition) is 5. The van der Waals surface area contributed by atoms with E-state index in [4.69, 9.17) is 10.0 Å². The van der Waals surface area contributed by atoms with Crippen LogP contribution >= 0.6 is 11.5 Å². The fourth-order valence-electron chi connectivity index (χ4n) is 0.929. The van der Waals surface area contributed by atoms with Gasteiger partial charge in [0.25, 0.3) is 0 Å². The summed E-state index contributed by atoms with van der Waals surface area (Å²) in [5, 5.41) is 20.3. The zero-order valence-corrected chi connectivity index (χ0v) is 6.82. The summed E-state index contributed by atoms with van der Waals surface area (Å²) in [6.45, 7) is 0. The predicted octanol–water partition coefficient (Wildman–Crippen LogP) is -0.629. The van der Waals surface area contributed by atoms with Gasteiger partial charge in [0.05, 0.1) is 0 Å². The van der Waals surface area contributed by atoms with Crippen molar-refractivity contribution < 1.29 is 10.0 Å². The van der Waals surface area contributed by atoms with Gasteiger partial charge < -0.3 is 10.0 Å². The van der Waals surface area contributed by atoms with Crippen molar-refractivity contribution in [2.75, 3.05) is 0 Å². The van der Waals surface area contributed by atoms with E-state index in [0.717, 1.165) is 5.39 Å². The minimum absolute atomic E-state index is 0.391. The number of pyridine rings is 1. The van der Waals surface area contributed by atoms with Crippen LogP contribution in [0.2, 0.25) is 0 Å². The number of rotatable bonds is 1. The second-order valence-electron chi connectivity index (χ2n) is 2.37. The van der Waals surface area contributed by atoms with E-state index in [0.29, 0.717) is 11.1 Å². The highest BCUT2D eigenvalue weighted by atomic mass is 32.1. The van der Waals surface area contributed by atoms with Crippen LogP contribution in [0.25, 0.3) is 11.0 Å². The van der Waals surface area contributed by atoms with Crippen LogP contribution < -0.4 is 5.46 Å². The van der Waals surface area contributed by atoms with Gasteiger partial charge in [0.2, 0.25) is 0 Å². The Morgan fingerprint density at radius 2 is 2.25 bits per heavy atom. The molecule has 4 nitrogen and oxygen atoms in total. The summed E-state index contributed by atoms with van der Waals surface area (Å²) in [5.74, 6) is 0. The van der Waals surface area contributed by atoms with Crippen molar-refractivity contribution in [2.24, 2.45) is 0 Å². The molecular formula is C6H5BN2O2S. The molecule has 0 aliphatic carbocycles. The molecule has 2 N–H and O–H groups in total. The van der Waals surface area contributed by atoms with Crippen LogP contribution in [0, 0.1) is 0 Å². The van der Waals surface area contributed by atoms with Crippen LogP contribution in [-0.4, -0.2) is 26.5 Å². The largest absolute Gasteiger partial charge is 0.490 e.